The minimum absolute atomic E-state index is 0.262. The van der Waals surface area contributed by atoms with E-state index >= 15 is 0 Å². The second-order valence-electron chi connectivity index (χ2n) is 4.86. The first kappa shape index (κ1) is 14.3. The van der Waals surface area contributed by atoms with Gasteiger partial charge < -0.3 is 10.4 Å². The van der Waals surface area contributed by atoms with Crippen molar-refractivity contribution in [2.75, 3.05) is 5.32 Å². The normalized spacial score (nSPS) is 17.3. The number of carboxylic acids is 1. The van der Waals surface area contributed by atoms with Crippen LogP contribution in [0.5, 0.6) is 0 Å². The summed E-state index contributed by atoms with van der Waals surface area (Å²) in [5, 5.41) is 13.1. The van der Waals surface area contributed by atoms with Gasteiger partial charge in [0.2, 0.25) is 0 Å². The Labute approximate surface area is 129 Å². The Bertz CT molecular complexity index is 704. The fourth-order valence-corrected chi connectivity index (χ4v) is 3.71. The zero-order chi connectivity index (χ0) is 15.0. The average Bonchev–Trinajstić information content (AvgIpc) is 2.83. The third-order valence-corrected chi connectivity index (χ3v) is 4.78. The summed E-state index contributed by atoms with van der Waals surface area (Å²) >= 11 is 7.39. The zero-order valence-corrected chi connectivity index (χ0v) is 12.5. The van der Waals surface area contributed by atoms with Crippen LogP contribution >= 0.6 is 22.9 Å². The van der Waals surface area contributed by atoms with E-state index in [4.69, 9.17) is 11.6 Å². The van der Waals surface area contributed by atoms with Crippen molar-refractivity contribution in [1.82, 2.24) is 4.98 Å². The van der Waals surface area contributed by atoms with Crippen molar-refractivity contribution in [3.63, 3.8) is 0 Å². The average molecular weight is 327 g/mol. The first-order valence-electron chi connectivity index (χ1n) is 6.49. The molecule has 7 heteroatoms. The number of benzene rings is 1. The lowest BCUT2D eigenvalue weighted by molar-refractivity contribution is -0.139. The van der Waals surface area contributed by atoms with Crippen molar-refractivity contribution in [2.24, 2.45) is 0 Å². The molecule has 0 radical (unpaired) electrons. The maximum atomic E-state index is 13.0. The van der Waals surface area contributed by atoms with E-state index in [-0.39, 0.29) is 5.02 Å². The van der Waals surface area contributed by atoms with Crippen molar-refractivity contribution in [3.05, 3.63) is 39.6 Å². The Morgan fingerprint density at radius 1 is 1.52 bits per heavy atom. The number of halogens is 2. The van der Waals surface area contributed by atoms with Crippen molar-refractivity contribution in [1.29, 1.82) is 0 Å². The van der Waals surface area contributed by atoms with Crippen LogP contribution in [0.25, 0.3) is 0 Å². The van der Waals surface area contributed by atoms with Crippen molar-refractivity contribution in [3.8, 4) is 0 Å². The van der Waals surface area contributed by atoms with Crippen LogP contribution in [-0.2, 0) is 11.2 Å². The van der Waals surface area contributed by atoms with E-state index in [1.807, 2.05) is 0 Å². The number of hydrogen-bond acceptors (Lipinski definition) is 4. The highest BCUT2D eigenvalue weighted by molar-refractivity contribution is 7.15. The summed E-state index contributed by atoms with van der Waals surface area (Å²) in [5.41, 5.74) is 1.19. The number of rotatable bonds is 3. The van der Waals surface area contributed by atoms with E-state index in [1.165, 1.54) is 29.5 Å². The molecule has 2 aromatic rings. The van der Waals surface area contributed by atoms with E-state index in [1.54, 1.807) is 0 Å². The summed E-state index contributed by atoms with van der Waals surface area (Å²) < 4.78 is 13.0. The Morgan fingerprint density at radius 3 is 3.05 bits per heavy atom. The molecule has 1 heterocycles. The SMILES string of the molecule is O=C(O)C1CCCc2sc(Nc3ccc(F)cc3Cl)nc21. The van der Waals surface area contributed by atoms with Crippen LogP contribution in [0.3, 0.4) is 0 Å². The van der Waals surface area contributed by atoms with Gasteiger partial charge in [-0.2, -0.15) is 0 Å². The fraction of sp³-hybridized carbons (Fsp3) is 0.286. The van der Waals surface area contributed by atoms with Gasteiger partial charge in [-0.3, -0.25) is 4.79 Å². The highest BCUT2D eigenvalue weighted by Gasteiger charge is 2.30. The van der Waals surface area contributed by atoms with Gasteiger partial charge >= 0.3 is 5.97 Å². The van der Waals surface area contributed by atoms with E-state index in [2.05, 4.69) is 10.3 Å². The topological polar surface area (TPSA) is 62.2 Å². The summed E-state index contributed by atoms with van der Waals surface area (Å²) in [7, 11) is 0. The largest absolute Gasteiger partial charge is 0.481 e. The summed E-state index contributed by atoms with van der Waals surface area (Å²) in [4.78, 5) is 16.6. The molecule has 0 fully saturated rings. The lowest BCUT2D eigenvalue weighted by Gasteiger charge is -2.16. The maximum Gasteiger partial charge on any atom is 0.312 e. The molecule has 1 aliphatic carbocycles. The van der Waals surface area contributed by atoms with E-state index in [0.717, 1.165) is 17.7 Å². The van der Waals surface area contributed by atoms with Gasteiger partial charge in [0.25, 0.3) is 0 Å². The zero-order valence-electron chi connectivity index (χ0n) is 10.9. The third-order valence-electron chi connectivity index (χ3n) is 3.43. The molecule has 0 saturated heterocycles. The molecule has 0 saturated carbocycles. The number of carbonyl (C=O) groups is 1. The van der Waals surface area contributed by atoms with Crippen LogP contribution in [0.2, 0.25) is 5.02 Å². The van der Waals surface area contributed by atoms with Crippen LogP contribution in [-0.4, -0.2) is 16.1 Å². The molecule has 1 aromatic carbocycles. The van der Waals surface area contributed by atoms with Gasteiger partial charge in [0.05, 0.1) is 16.4 Å². The summed E-state index contributed by atoms with van der Waals surface area (Å²) in [6.07, 6.45) is 2.31. The number of carboxylic acid groups (broad SMARTS) is 1. The van der Waals surface area contributed by atoms with Gasteiger partial charge in [0.15, 0.2) is 5.13 Å². The molecule has 4 nitrogen and oxygen atoms in total. The van der Waals surface area contributed by atoms with E-state index in [0.29, 0.717) is 22.9 Å². The number of nitrogens with one attached hydrogen (secondary N) is 1. The van der Waals surface area contributed by atoms with Gasteiger partial charge in [0, 0.05) is 4.88 Å². The molecule has 1 atom stereocenters. The van der Waals surface area contributed by atoms with Crippen molar-refractivity contribution >= 4 is 39.7 Å². The third kappa shape index (κ3) is 2.87. The molecule has 0 bridgehead atoms. The quantitative estimate of drug-likeness (QED) is 0.888. The molecule has 1 unspecified atom stereocenters. The minimum Gasteiger partial charge on any atom is -0.481 e. The Balaban J connectivity index is 1.89. The summed E-state index contributed by atoms with van der Waals surface area (Å²) in [5.74, 6) is -1.79. The van der Waals surface area contributed by atoms with Crippen molar-refractivity contribution < 1.29 is 14.3 Å². The van der Waals surface area contributed by atoms with Crippen LogP contribution in [0, 0.1) is 5.82 Å². The summed E-state index contributed by atoms with van der Waals surface area (Å²) in [6.45, 7) is 0. The van der Waals surface area contributed by atoms with Crippen molar-refractivity contribution in [2.45, 2.75) is 25.2 Å². The number of thiazole rings is 1. The predicted molar refractivity (Wildman–Crippen MR) is 80.1 cm³/mol. The van der Waals surface area contributed by atoms with Gasteiger partial charge in [-0.1, -0.05) is 11.6 Å². The van der Waals surface area contributed by atoms with Gasteiger partial charge in [-0.25, -0.2) is 9.37 Å². The van der Waals surface area contributed by atoms with Gasteiger partial charge in [-0.05, 0) is 37.5 Å². The Kier molecular flexibility index (Phi) is 3.82. The molecule has 0 amide bonds. The minimum atomic E-state index is -0.840. The van der Waals surface area contributed by atoms with Gasteiger partial charge in [-0.15, -0.1) is 11.3 Å². The molecule has 3 rings (SSSR count). The predicted octanol–water partition coefficient (Wildman–Crippen LogP) is 4.18. The molecule has 21 heavy (non-hydrogen) atoms. The lowest BCUT2D eigenvalue weighted by Crippen LogP contribution is -2.17. The molecular weight excluding hydrogens is 315 g/mol. The second kappa shape index (κ2) is 5.61. The van der Waals surface area contributed by atoms with Crippen LogP contribution in [0.4, 0.5) is 15.2 Å². The molecule has 2 N–H and O–H groups in total. The number of aromatic nitrogens is 1. The maximum absolute atomic E-state index is 13.0. The lowest BCUT2D eigenvalue weighted by atomic mass is 9.91. The van der Waals surface area contributed by atoms with Gasteiger partial charge in [0.1, 0.15) is 11.7 Å². The van der Waals surface area contributed by atoms with E-state index < -0.39 is 17.7 Å². The number of aliphatic carboxylic acids is 1. The first-order valence-corrected chi connectivity index (χ1v) is 7.68. The summed E-state index contributed by atoms with van der Waals surface area (Å²) in [6, 6.07) is 4.06. The fourth-order valence-electron chi connectivity index (χ4n) is 2.42. The molecule has 0 spiro atoms. The first-order chi connectivity index (χ1) is 10.0. The monoisotopic (exact) mass is 326 g/mol. The number of aryl methyl sites for hydroxylation is 1. The molecule has 1 aliphatic rings. The number of nitrogens with zero attached hydrogens (tertiary/aromatic N) is 1. The molecular formula is C14H12ClFN2O2S. The molecule has 1 aromatic heterocycles. The molecule has 110 valence electrons. The van der Waals surface area contributed by atoms with Crippen LogP contribution in [0.1, 0.15) is 29.3 Å². The standard InChI is InChI=1S/C14H12ClFN2O2S/c15-9-6-7(16)4-5-10(9)17-14-18-12-8(13(19)20)2-1-3-11(12)21-14/h4-6,8H,1-3H2,(H,17,18)(H,19,20). The number of hydrogen-bond donors (Lipinski definition) is 2. The number of fused-ring (bicyclic) bond motifs is 1. The smallest absolute Gasteiger partial charge is 0.312 e. The Hall–Kier alpha value is -1.66. The highest BCUT2D eigenvalue weighted by atomic mass is 35.5. The van der Waals surface area contributed by atoms with Crippen LogP contribution in [0.15, 0.2) is 18.2 Å². The highest BCUT2D eigenvalue weighted by Crippen LogP contribution is 2.38. The van der Waals surface area contributed by atoms with Crippen LogP contribution < -0.4 is 5.32 Å². The second-order valence-corrected chi connectivity index (χ2v) is 6.35. The number of anilines is 2. The van der Waals surface area contributed by atoms with E-state index in [9.17, 15) is 14.3 Å². The molecule has 0 aliphatic heterocycles. The Morgan fingerprint density at radius 2 is 2.33 bits per heavy atom.